The predicted molar refractivity (Wildman–Crippen MR) is 78.9 cm³/mol. The van der Waals surface area contributed by atoms with E-state index in [1.165, 1.54) is 43.4 Å². The van der Waals surface area contributed by atoms with E-state index in [0.29, 0.717) is 0 Å². The molecule has 0 amide bonds. The van der Waals surface area contributed by atoms with Crippen LogP contribution in [0.4, 0.5) is 0 Å². The summed E-state index contributed by atoms with van der Waals surface area (Å²) in [5.74, 6) is 1.58. The Morgan fingerprint density at radius 2 is 2.00 bits per heavy atom. The Balaban J connectivity index is 1.96. The molecular weight excluding hydrogens is 218 g/mol. The second kappa shape index (κ2) is 6.38. The van der Waals surface area contributed by atoms with Gasteiger partial charge in [0.05, 0.1) is 0 Å². The molecule has 1 aromatic carbocycles. The molecule has 0 heterocycles. The van der Waals surface area contributed by atoms with E-state index in [2.05, 4.69) is 50.4 Å². The molecule has 0 spiro atoms. The maximum atomic E-state index is 3.71. The highest BCUT2D eigenvalue weighted by atomic mass is 14.9. The molecule has 1 aliphatic rings. The third kappa shape index (κ3) is 3.84. The lowest BCUT2D eigenvalue weighted by Crippen LogP contribution is -2.30. The molecule has 1 saturated carbocycles. The van der Waals surface area contributed by atoms with Crippen molar-refractivity contribution >= 4 is 0 Å². The van der Waals surface area contributed by atoms with Gasteiger partial charge in [0.15, 0.2) is 0 Å². The van der Waals surface area contributed by atoms with Gasteiger partial charge < -0.3 is 5.32 Å². The van der Waals surface area contributed by atoms with Crippen LogP contribution >= 0.6 is 0 Å². The smallest absolute Gasteiger partial charge is 0.00683 e. The van der Waals surface area contributed by atoms with Crippen LogP contribution in [0.15, 0.2) is 24.3 Å². The molecular formula is C17H27N. The summed E-state index contributed by atoms with van der Waals surface area (Å²) in [6, 6.07) is 9.66. The molecule has 0 saturated heterocycles. The molecule has 1 N–H and O–H groups in total. The fourth-order valence-corrected chi connectivity index (χ4v) is 2.53. The van der Waals surface area contributed by atoms with Crippen molar-refractivity contribution in [2.45, 2.75) is 52.5 Å². The summed E-state index contributed by atoms with van der Waals surface area (Å²) < 4.78 is 0. The van der Waals surface area contributed by atoms with Crippen LogP contribution in [0, 0.1) is 18.8 Å². The molecule has 100 valence electrons. The van der Waals surface area contributed by atoms with Crippen molar-refractivity contribution in [3.8, 4) is 0 Å². The molecule has 0 aliphatic heterocycles. The van der Waals surface area contributed by atoms with E-state index in [1.807, 2.05) is 0 Å². The van der Waals surface area contributed by atoms with Crippen LogP contribution in [0.1, 0.15) is 44.2 Å². The summed E-state index contributed by atoms with van der Waals surface area (Å²) in [4.78, 5) is 0. The lowest BCUT2D eigenvalue weighted by atomic mass is 9.85. The van der Waals surface area contributed by atoms with Crippen LogP contribution < -0.4 is 5.32 Å². The van der Waals surface area contributed by atoms with Crippen molar-refractivity contribution in [2.75, 3.05) is 6.54 Å². The predicted octanol–water partition coefficient (Wildman–Crippen LogP) is 3.95. The van der Waals surface area contributed by atoms with Crippen molar-refractivity contribution in [1.82, 2.24) is 5.32 Å². The topological polar surface area (TPSA) is 12.0 Å². The number of rotatable bonds is 7. The zero-order valence-corrected chi connectivity index (χ0v) is 12.1. The van der Waals surface area contributed by atoms with Gasteiger partial charge in [-0.05, 0) is 55.7 Å². The van der Waals surface area contributed by atoms with Crippen LogP contribution in [-0.4, -0.2) is 12.6 Å². The van der Waals surface area contributed by atoms with E-state index in [0.717, 1.165) is 17.9 Å². The van der Waals surface area contributed by atoms with Gasteiger partial charge in [-0.15, -0.1) is 0 Å². The second-order valence-corrected chi connectivity index (χ2v) is 5.96. The van der Waals surface area contributed by atoms with Crippen LogP contribution in [0.2, 0.25) is 0 Å². The molecule has 2 unspecified atom stereocenters. The number of benzene rings is 1. The van der Waals surface area contributed by atoms with E-state index in [-0.39, 0.29) is 0 Å². The van der Waals surface area contributed by atoms with Gasteiger partial charge >= 0.3 is 0 Å². The largest absolute Gasteiger partial charge is 0.314 e. The molecule has 1 nitrogen and oxygen atoms in total. The number of nitrogens with one attached hydrogen (secondary N) is 1. The van der Waals surface area contributed by atoms with Crippen molar-refractivity contribution in [3.05, 3.63) is 35.4 Å². The second-order valence-electron chi connectivity index (χ2n) is 5.96. The van der Waals surface area contributed by atoms with E-state index in [1.54, 1.807) is 0 Å². The first kappa shape index (κ1) is 13.6. The normalized spacial score (nSPS) is 18.6. The monoisotopic (exact) mass is 245 g/mol. The maximum Gasteiger partial charge on any atom is 0.00683 e. The molecule has 1 fully saturated rings. The summed E-state index contributed by atoms with van der Waals surface area (Å²) in [7, 11) is 0. The minimum absolute atomic E-state index is 0.775. The van der Waals surface area contributed by atoms with Gasteiger partial charge in [0.1, 0.15) is 0 Å². The summed E-state index contributed by atoms with van der Waals surface area (Å²) in [5.41, 5.74) is 2.97. The fraction of sp³-hybridized carbons (Fsp3) is 0.647. The van der Waals surface area contributed by atoms with Crippen molar-refractivity contribution < 1.29 is 0 Å². The molecule has 2 rings (SSSR count). The van der Waals surface area contributed by atoms with Crippen LogP contribution in [-0.2, 0) is 6.42 Å². The van der Waals surface area contributed by atoms with Crippen LogP contribution in [0.5, 0.6) is 0 Å². The molecule has 0 aromatic heterocycles. The highest BCUT2D eigenvalue weighted by Crippen LogP contribution is 2.24. The first-order valence-corrected chi connectivity index (χ1v) is 7.48. The minimum Gasteiger partial charge on any atom is -0.314 e. The number of hydrogen-bond donors (Lipinski definition) is 1. The molecule has 1 heteroatoms. The quantitative estimate of drug-likeness (QED) is 0.767. The Kier molecular flexibility index (Phi) is 4.82. The molecule has 2 atom stereocenters. The van der Waals surface area contributed by atoms with Crippen LogP contribution in [0.3, 0.4) is 0 Å². The Labute approximate surface area is 112 Å². The number of aryl methyl sites for hydroxylation is 1. The Hall–Kier alpha value is -0.820. The summed E-state index contributed by atoms with van der Waals surface area (Å²) in [6.45, 7) is 8.13. The van der Waals surface area contributed by atoms with Gasteiger partial charge in [0, 0.05) is 6.04 Å². The SMILES string of the molecule is CCC(C)C(CNC1CC1)Cc1ccccc1C. The third-order valence-corrected chi connectivity index (χ3v) is 4.44. The highest BCUT2D eigenvalue weighted by molar-refractivity contribution is 5.26. The van der Waals surface area contributed by atoms with Crippen molar-refractivity contribution in [1.29, 1.82) is 0 Å². The zero-order valence-electron chi connectivity index (χ0n) is 12.1. The lowest BCUT2D eigenvalue weighted by Gasteiger charge is -2.24. The minimum atomic E-state index is 0.775. The van der Waals surface area contributed by atoms with Gasteiger partial charge in [-0.25, -0.2) is 0 Å². The highest BCUT2D eigenvalue weighted by Gasteiger charge is 2.24. The third-order valence-electron chi connectivity index (χ3n) is 4.44. The molecule has 0 radical (unpaired) electrons. The van der Waals surface area contributed by atoms with Crippen LogP contribution in [0.25, 0.3) is 0 Å². The average molecular weight is 245 g/mol. The summed E-state index contributed by atoms with van der Waals surface area (Å²) in [5, 5.41) is 3.71. The van der Waals surface area contributed by atoms with Crippen molar-refractivity contribution in [3.63, 3.8) is 0 Å². The summed E-state index contributed by atoms with van der Waals surface area (Å²) >= 11 is 0. The zero-order chi connectivity index (χ0) is 13.0. The Morgan fingerprint density at radius 3 is 2.61 bits per heavy atom. The Bertz CT molecular complexity index is 368. The van der Waals surface area contributed by atoms with E-state index < -0.39 is 0 Å². The van der Waals surface area contributed by atoms with Crippen molar-refractivity contribution in [2.24, 2.45) is 11.8 Å². The molecule has 1 aromatic rings. The first-order chi connectivity index (χ1) is 8.70. The Morgan fingerprint density at radius 1 is 1.28 bits per heavy atom. The fourth-order valence-electron chi connectivity index (χ4n) is 2.53. The average Bonchev–Trinajstić information content (AvgIpc) is 3.19. The molecule has 0 bridgehead atoms. The van der Waals surface area contributed by atoms with E-state index >= 15 is 0 Å². The van der Waals surface area contributed by atoms with Gasteiger partial charge in [-0.1, -0.05) is 44.5 Å². The maximum absolute atomic E-state index is 3.71. The summed E-state index contributed by atoms with van der Waals surface area (Å²) in [6.07, 6.45) is 5.28. The molecule has 18 heavy (non-hydrogen) atoms. The van der Waals surface area contributed by atoms with E-state index in [4.69, 9.17) is 0 Å². The first-order valence-electron chi connectivity index (χ1n) is 7.48. The van der Waals surface area contributed by atoms with E-state index in [9.17, 15) is 0 Å². The van der Waals surface area contributed by atoms with Gasteiger partial charge in [-0.3, -0.25) is 0 Å². The standard InChI is InChI=1S/C17H27N/c1-4-13(2)16(12-18-17-9-10-17)11-15-8-6-5-7-14(15)3/h5-8,13,16-18H,4,9-12H2,1-3H3. The van der Waals surface area contributed by atoms with Gasteiger partial charge in [-0.2, -0.15) is 0 Å². The number of hydrogen-bond acceptors (Lipinski definition) is 1. The lowest BCUT2D eigenvalue weighted by molar-refractivity contribution is 0.328. The van der Waals surface area contributed by atoms with Gasteiger partial charge in [0.25, 0.3) is 0 Å². The molecule has 1 aliphatic carbocycles. The van der Waals surface area contributed by atoms with Gasteiger partial charge in [0.2, 0.25) is 0 Å².